The largest absolute Gasteiger partial charge is 0.458 e. The van der Waals surface area contributed by atoms with E-state index in [1.807, 2.05) is 88.4 Å². The summed E-state index contributed by atoms with van der Waals surface area (Å²) in [5.41, 5.74) is 1.83. The number of hydrogen-bond acceptors (Lipinski definition) is 5. The molecule has 0 aliphatic heterocycles. The number of ether oxygens (including phenoxy) is 2. The Bertz CT molecular complexity index is 1010. The number of carbonyl (C=O) groups is 2. The van der Waals surface area contributed by atoms with E-state index >= 15 is 0 Å². The van der Waals surface area contributed by atoms with Gasteiger partial charge in [0.1, 0.15) is 5.60 Å². The number of esters is 1. The molecule has 0 saturated heterocycles. The number of benzene rings is 2. The van der Waals surface area contributed by atoms with E-state index in [9.17, 15) is 9.59 Å². The molecule has 0 fully saturated rings. The second kappa shape index (κ2) is 12.5. The van der Waals surface area contributed by atoms with Crippen molar-refractivity contribution in [3.05, 3.63) is 83.9 Å². The van der Waals surface area contributed by atoms with Crippen LogP contribution >= 0.6 is 0 Å². The Morgan fingerprint density at radius 2 is 1.42 bits per heavy atom. The van der Waals surface area contributed by atoms with Crippen molar-refractivity contribution in [3.8, 4) is 0 Å². The predicted molar refractivity (Wildman–Crippen MR) is 144 cm³/mol. The molecule has 0 aromatic heterocycles. The first-order chi connectivity index (χ1) is 16.7. The van der Waals surface area contributed by atoms with Crippen LogP contribution in [0.1, 0.15) is 59.6 Å². The van der Waals surface area contributed by atoms with Crippen molar-refractivity contribution in [2.45, 2.75) is 65.7 Å². The second-order valence-electron chi connectivity index (χ2n) is 10.7. The van der Waals surface area contributed by atoms with Crippen LogP contribution in [-0.4, -0.2) is 53.1 Å². The number of nitrogens with one attached hydrogen (secondary N) is 1. The standard InChI is InChI=1S/C29H39N3O4/c1-21(2)19-32(31-25(22-15-11-9-12-16-22)23-17-13-10-14-18-23)27(34)30-24(20-35-28(3,4)5)26(33)36-29(6,7)8/h9-18,24H,1,19-20H2,2-8H3,(H,30,34)/t24-/m0/s1. The summed E-state index contributed by atoms with van der Waals surface area (Å²) >= 11 is 0. The van der Waals surface area contributed by atoms with Gasteiger partial charge in [-0.3, -0.25) is 0 Å². The van der Waals surface area contributed by atoms with Crippen molar-refractivity contribution >= 4 is 17.7 Å². The van der Waals surface area contributed by atoms with Crippen LogP contribution in [-0.2, 0) is 14.3 Å². The zero-order valence-corrected chi connectivity index (χ0v) is 22.5. The Morgan fingerprint density at radius 1 is 0.917 bits per heavy atom. The summed E-state index contributed by atoms with van der Waals surface area (Å²) in [6, 6.07) is 17.7. The molecule has 0 heterocycles. The van der Waals surface area contributed by atoms with E-state index in [-0.39, 0.29) is 13.2 Å². The Balaban J connectivity index is 2.43. The zero-order valence-electron chi connectivity index (χ0n) is 22.5. The lowest BCUT2D eigenvalue weighted by atomic mass is 10.0. The molecular weight excluding hydrogens is 454 g/mol. The van der Waals surface area contributed by atoms with Gasteiger partial charge in [0.15, 0.2) is 6.04 Å². The van der Waals surface area contributed by atoms with Crippen LogP contribution in [0.15, 0.2) is 77.9 Å². The van der Waals surface area contributed by atoms with Crippen molar-refractivity contribution < 1.29 is 19.1 Å². The van der Waals surface area contributed by atoms with Crippen molar-refractivity contribution in [1.82, 2.24) is 10.3 Å². The highest BCUT2D eigenvalue weighted by atomic mass is 16.6. The van der Waals surface area contributed by atoms with Gasteiger partial charge in [-0.15, -0.1) is 0 Å². The third-order valence-electron chi connectivity index (χ3n) is 4.64. The van der Waals surface area contributed by atoms with Crippen LogP contribution in [0.25, 0.3) is 0 Å². The van der Waals surface area contributed by atoms with Crippen molar-refractivity contribution in [2.75, 3.05) is 13.2 Å². The van der Waals surface area contributed by atoms with Crippen molar-refractivity contribution in [3.63, 3.8) is 0 Å². The van der Waals surface area contributed by atoms with Gasteiger partial charge in [0.2, 0.25) is 0 Å². The van der Waals surface area contributed by atoms with Crippen LogP contribution in [0.5, 0.6) is 0 Å². The Labute approximate surface area is 215 Å². The first-order valence-electron chi connectivity index (χ1n) is 12.0. The molecule has 2 aromatic carbocycles. The van der Waals surface area contributed by atoms with Crippen LogP contribution in [0, 0.1) is 0 Å². The summed E-state index contributed by atoms with van der Waals surface area (Å²) in [5.74, 6) is -0.578. The lowest BCUT2D eigenvalue weighted by Gasteiger charge is -2.28. The van der Waals surface area contributed by atoms with Gasteiger partial charge in [0, 0.05) is 11.1 Å². The number of hydrogen-bond donors (Lipinski definition) is 1. The summed E-state index contributed by atoms with van der Waals surface area (Å²) in [4.78, 5) is 26.4. The number of carbonyl (C=O) groups excluding carboxylic acids is 2. The van der Waals surface area contributed by atoms with Crippen LogP contribution in [0.2, 0.25) is 0 Å². The minimum atomic E-state index is -1.02. The first-order valence-corrected chi connectivity index (χ1v) is 12.0. The van der Waals surface area contributed by atoms with E-state index in [1.165, 1.54) is 5.01 Å². The van der Waals surface area contributed by atoms with E-state index < -0.39 is 29.2 Å². The molecule has 7 nitrogen and oxygen atoms in total. The molecule has 7 heteroatoms. The molecule has 36 heavy (non-hydrogen) atoms. The molecule has 1 N–H and O–H groups in total. The molecule has 0 spiro atoms. The fourth-order valence-corrected chi connectivity index (χ4v) is 3.10. The number of rotatable bonds is 9. The summed E-state index contributed by atoms with van der Waals surface area (Å²) in [5, 5.41) is 8.79. The van der Waals surface area contributed by atoms with E-state index in [1.54, 1.807) is 20.8 Å². The quantitative estimate of drug-likeness (QED) is 0.215. The number of nitrogens with zero attached hydrogens (tertiary/aromatic N) is 2. The lowest BCUT2D eigenvalue weighted by Crippen LogP contribution is -2.51. The number of amides is 2. The normalized spacial score (nSPS) is 12.3. The average molecular weight is 494 g/mol. The summed E-state index contributed by atoms with van der Waals surface area (Å²) in [6.07, 6.45) is 0. The van der Waals surface area contributed by atoms with Crippen LogP contribution in [0.3, 0.4) is 0 Å². The minimum Gasteiger partial charge on any atom is -0.458 e. The maximum absolute atomic E-state index is 13.5. The molecule has 2 amide bonds. The monoisotopic (exact) mass is 493 g/mol. The van der Waals surface area contributed by atoms with Crippen molar-refractivity contribution in [1.29, 1.82) is 0 Å². The third-order valence-corrected chi connectivity index (χ3v) is 4.64. The van der Waals surface area contributed by atoms with E-state index in [0.717, 1.165) is 16.7 Å². The summed E-state index contributed by atoms with van der Waals surface area (Å²) < 4.78 is 11.4. The van der Waals surface area contributed by atoms with Crippen LogP contribution in [0.4, 0.5) is 4.79 Å². The summed E-state index contributed by atoms with van der Waals surface area (Å²) in [7, 11) is 0. The smallest absolute Gasteiger partial charge is 0.338 e. The fraction of sp³-hybridized carbons (Fsp3) is 0.414. The van der Waals surface area contributed by atoms with E-state index in [4.69, 9.17) is 14.6 Å². The lowest BCUT2D eigenvalue weighted by molar-refractivity contribution is -0.160. The summed E-state index contributed by atoms with van der Waals surface area (Å²) in [6.45, 7) is 16.9. The molecule has 0 saturated carbocycles. The van der Waals surface area contributed by atoms with Gasteiger partial charge in [-0.2, -0.15) is 5.10 Å². The third kappa shape index (κ3) is 10.0. The Morgan fingerprint density at radius 3 is 1.83 bits per heavy atom. The van der Waals surface area contributed by atoms with Gasteiger partial charge in [0.05, 0.1) is 24.5 Å². The molecule has 0 aliphatic carbocycles. The fourth-order valence-electron chi connectivity index (χ4n) is 3.10. The van der Waals surface area contributed by atoms with Crippen molar-refractivity contribution in [2.24, 2.45) is 5.10 Å². The minimum absolute atomic E-state index is 0.0427. The Hall–Kier alpha value is -3.45. The number of urea groups is 1. The highest BCUT2D eigenvalue weighted by Gasteiger charge is 2.30. The highest BCUT2D eigenvalue weighted by molar-refractivity contribution is 6.13. The van der Waals surface area contributed by atoms with Gasteiger partial charge in [-0.05, 0) is 48.5 Å². The van der Waals surface area contributed by atoms with Gasteiger partial charge >= 0.3 is 12.0 Å². The van der Waals surface area contributed by atoms with E-state index in [2.05, 4.69) is 11.9 Å². The zero-order chi connectivity index (χ0) is 26.9. The first kappa shape index (κ1) is 28.8. The van der Waals surface area contributed by atoms with Gasteiger partial charge in [-0.25, -0.2) is 14.6 Å². The van der Waals surface area contributed by atoms with Gasteiger partial charge < -0.3 is 14.8 Å². The SMILES string of the molecule is C=C(C)CN(N=C(c1ccccc1)c1ccccc1)C(=O)N[C@@H](COC(C)(C)C)C(=O)OC(C)(C)C. The molecule has 0 bridgehead atoms. The maximum Gasteiger partial charge on any atom is 0.338 e. The highest BCUT2D eigenvalue weighted by Crippen LogP contribution is 2.15. The molecule has 2 aromatic rings. The molecule has 2 rings (SSSR count). The topological polar surface area (TPSA) is 80.2 Å². The Kier molecular flexibility index (Phi) is 9.99. The molecule has 1 atom stereocenters. The molecular formula is C29H39N3O4. The maximum atomic E-state index is 13.5. The van der Waals surface area contributed by atoms with Gasteiger partial charge in [-0.1, -0.05) is 72.8 Å². The predicted octanol–water partition coefficient (Wildman–Crippen LogP) is 5.55. The second-order valence-corrected chi connectivity index (χ2v) is 10.7. The van der Waals surface area contributed by atoms with Crippen LogP contribution < -0.4 is 5.32 Å². The molecule has 0 radical (unpaired) electrons. The van der Waals surface area contributed by atoms with Gasteiger partial charge in [0.25, 0.3) is 0 Å². The molecule has 0 aliphatic rings. The van der Waals surface area contributed by atoms with E-state index in [0.29, 0.717) is 5.71 Å². The number of hydrazone groups is 1. The molecule has 0 unspecified atom stereocenters. The average Bonchev–Trinajstić information content (AvgIpc) is 2.78. The molecule has 194 valence electrons.